The number of halogens is 4. The summed E-state index contributed by atoms with van der Waals surface area (Å²) in [7, 11) is 1.72. The maximum atomic E-state index is 12.2. The van der Waals surface area contributed by atoms with Gasteiger partial charge in [0.2, 0.25) is 5.88 Å². The van der Waals surface area contributed by atoms with Crippen LogP contribution >= 0.6 is 15.9 Å². The summed E-state index contributed by atoms with van der Waals surface area (Å²) in [4.78, 5) is 16.0. The van der Waals surface area contributed by atoms with E-state index in [4.69, 9.17) is 0 Å². The highest BCUT2D eigenvalue weighted by atomic mass is 79.9. The molecule has 0 amide bonds. The normalized spacial score (nSPS) is 11.6. The Hall–Kier alpha value is -1.90. The number of carbonyl (C=O) groups excluding carboxylic acids is 1. The van der Waals surface area contributed by atoms with Crippen LogP contribution in [-0.2, 0) is 13.5 Å². The molecule has 2 heterocycles. The zero-order valence-electron chi connectivity index (χ0n) is 12.3. The van der Waals surface area contributed by atoms with E-state index in [1.165, 1.54) is 12.3 Å². The molecular formula is C14H13BrF3N3O2. The number of aryl methyl sites for hydroxylation is 2. The monoisotopic (exact) mass is 391 g/mol. The van der Waals surface area contributed by atoms with Crippen LogP contribution in [0, 0.1) is 6.92 Å². The van der Waals surface area contributed by atoms with Crippen LogP contribution in [0.2, 0.25) is 0 Å². The third kappa shape index (κ3) is 4.78. The van der Waals surface area contributed by atoms with Gasteiger partial charge in [0.15, 0.2) is 12.4 Å². The Bertz CT molecular complexity index is 729. The lowest BCUT2D eigenvalue weighted by Crippen LogP contribution is -2.19. The van der Waals surface area contributed by atoms with Crippen LogP contribution in [-0.4, -0.2) is 33.3 Å². The highest BCUT2D eigenvalue weighted by Crippen LogP contribution is 2.26. The summed E-state index contributed by atoms with van der Waals surface area (Å²) in [5.41, 5.74) is 1.68. The van der Waals surface area contributed by atoms with Crippen LogP contribution in [0.3, 0.4) is 0 Å². The van der Waals surface area contributed by atoms with E-state index in [1.807, 2.05) is 0 Å². The van der Waals surface area contributed by atoms with Gasteiger partial charge in [-0.05, 0) is 34.5 Å². The van der Waals surface area contributed by atoms with Crippen molar-refractivity contribution in [2.75, 3.05) is 6.61 Å². The van der Waals surface area contributed by atoms with Crippen molar-refractivity contribution in [2.24, 2.45) is 7.05 Å². The third-order valence-corrected chi connectivity index (χ3v) is 3.48. The van der Waals surface area contributed by atoms with Crippen LogP contribution in [0.25, 0.3) is 0 Å². The predicted molar refractivity (Wildman–Crippen MR) is 79.5 cm³/mol. The molecule has 0 aliphatic rings. The molecule has 124 valence electrons. The molecule has 0 saturated heterocycles. The average molecular weight is 392 g/mol. The van der Waals surface area contributed by atoms with Gasteiger partial charge in [-0.25, -0.2) is 4.98 Å². The van der Waals surface area contributed by atoms with E-state index in [0.717, 1.165) is 0 Å². The van der Waals surface area contributed by atoms with Crippen LogP contribution in [0.15, 0.2) is 22.9 Å². The van der Waals surface area contributed by atoms with Gasteiger partial charge in [-0.3, -0.25) is 9.48 Å². The molecule has 0 bridgehead atoms. The van der Waals surface area contributed by atoms with E-state index in [9.17, 15) is 18.0 Å². The maximum absolute atomic E-state index is 12.2. The Morgan fingerprint density at radius 3 is 2.65 bits per heavy atom. The SMILES string of the molecule is Cc1nn(C)cc1C(=O)Cc1cnc(OCC(F)(F)F)c(Br)c1. The smallest absolute Gasteiger partial charge is 0.422 e. The number of nitrogens with zero attached hydrogens (tertiary/aromatic N) is 3. The largest absolute Gasteiger partial charge is 0.467 e. The minimum absolute atomic E-state index is 0.0671. The maximum Gasteiger partial charge on any atom is 0.422 e. The first-order valence-corrected chi connectivity index (χ1v) is 7.32. The van der Waals surface area contributed by atoms with E-state index >= 15 is 0 Å². The molecule has 0 N–H and O–H groups in total. The summed E-state index contributed by atoms with van der Waals surface area (Å²) >= 11 is 3.10. The van der Waals surface area contributed by atoms with Gasteiger partial charge in [-0.1, -0.05) is 0 Å². The van der Waals surface area contributed by atoms with E-state index < -0.39 is 12.8 Å². The third-order valence-electron chi connectivity index (χ3n) is 2.92. The lowest BCUT2D eigenvalue weighted by atomic mass is 10.1. The molecule has 2 rings (SSSR count). The van der Waals surface area contributed by atoms with Gasteiger partial charge in [0.05, 0.1) is 15.7 Å². The number of rotatable bonds is 5. The van der Waals surface area contributed by atoms with Crippen LogP contribution in [0.1, 0.15) is 21.6 Å². The van der Waals surface area contributed by atoms with Crippen molar-refractivity contribution in [3.63, 3.8) is 0 Å². The summed E-state index contributed by atoms with van der Waals surface area (Å²) in [5.74, 6) is -0.315. The first-order chi connectivity index (χ1) is 10.7. The molecule has 5 nitrogen and oxygen atoms in total. The number of carbonyl (C=O) groups is 1. The molecular weight excluding hydrogens is 379 g/mol. The van der Waals surface area contributed by atoms with Gasteiger partial charge < -0.3 is 4.74 Å². The molecule has 0 aliphatic heterocycles. The van der Waals surface area contributed by atoms with Crippen LogP contribution < -0.4 is 4.74 Å². The first-order valence-electron chi connectivity index (χ1n) is 6.53. The number of pyridine rings is 1. The molecule has 9 heteroatoms. The molecule has 2 aromatic heterocycles. The number of Topliss-reactive ketones (excluding diaryl/α,β-unsaturated/α-hetero) is 1. The van der Waals surface area contributed by atoms with Gasteiger partial charge in [0, 0.05) is 25.9 Å². The number of hydrogen-bond donors (Lipinski definition) is 0. The summed E-state index contributed by atoms with van der Waals surface area (Å²) in [6.45, 7) is 0.307. The van der Waals surface area contributed by atoms with E-state index in [0.29, 0.717) is 16.8 Å². The topological polar surface area (TPSA) is 57.0 Å². The molecule has 23 heavy (non-hydrogen) atoms. The Balaban J connectivity index is 2.08. The summed E-state index contributed by atoms with van der Waals surface area (Å²) < 4.78 is 42.8. The minimum atomic E-state index is -4.44. The van der Waals surface area contributed by atoms with E-state index in [1.54, 1.807) is 24.9 Å². The molecule has 2 aromatic rings. The Morgan fingerprint density at radius 2 is 2.13 bits per heavy atom. The lowest BCUT2D eigenvalue weighted by Gasteiger charge is -2.10. The van der Waals surface area contributed by atoms with E-state index in [-0.39, 0.29) is 22.6 Å². The molecule has 0 saturated carbocycles. The highest BCUT2D eigenvalue weighted by Gasteiger charge is 2.29. The number of ketones is 1. The summed E-state index contributed by atoms with van der Waals surface area (Å²) in [6.07, 6.45) is -1.42. The second-order valence-electron chi connectivity index (χ2n) is 4.94. The number of alkyl halides is 3. The average Bonchev–Trinajstić information content (AvgIpc) is 2.76. The minimum Gasteiger partial charge on any atom is -0.467 e. The zero-order chi connectivity index (χ0) is 17.2. The Labute approximate surface area is 138 Å². The quantitative estimate of drug-likeness (QED) is 0.734. The lowest BCUT2D eigenvalue weighted by molar-refractivity contribution is -0.154. The second kappa shape index (κ2) is 6.69. The van der Waals surface area contributed by atoms with Crippen LogP contribution in [0.5, 0.6) is 5.88 Å². The Morgan fingerprint density at radius 1 is 1.43 bits per heavy atom. The van der Waals surface area contributed by atoms with Crippen molar-refractivity contribution in [3.8, 4) is 5.88 Å². The molecule has 0 spiro atoms. The standard InChI is InChI=1S/C14H13BrF3N3O2/c1-8-10(6-21(2)20-8)12(22)4-9-3-11(15)13(19-5-9)23-7-14(16,17)18/h3,5-6H,4,7H2,1-2H3. The molecule has 0 radical (unpaired) electrons. The zero-order valence-corrected chi connectivity index (χ0v) is 13.9. The fraction of sp³-hybridized carbons (Fsp3) is 0.357. The van der Waals surface area contributed by atoms with Gasteiger partial charge >= 0.3 is 6.18 Å². The van der Waals surface area contributed by atoms with Crippen molar-refractivity contribution in [1.82, 2.24) is 14.8 Å². The van der Waals surface area contributed by atoms with Gasteiger partial charge in [0.1, 0.15) is 0 Å². The highest BCUT2D eigenvalue weighted by molar-refractivity contribution is 9.10. The summed E-state index contributed by atoms with van der Waals surface area (Å²) in [5, 5.41) is 4.10. The molecule has 0 aliphatic carbocycles. The number of aromatic nitrogens is 3. The van der Waals surface area contributed by atoms with Crippen molar-refractivity contribution >= 4 is 21.7 Å². The molecule has 0 fully saturated rings. The van der Waals surface area contributed by atoms with Gasteiger partial charge in [-0.2, -0.15) is 18.3 Å². The Kier molecular flexibility index (Phi) is 5.08. The predicted octanol–water partition coefficient (Wildman–Crippen LogP) is 3.25. The fourth-order valence-corrected chi connectivity index (χ4v) is 2.48. The van der Waals surface area contributed by atoms with Gasteiger partial charge in [-0.15, -0.1) is 0 Å². The van der Waals surface area contributed by atoms with Crippen molar-refractivity contribution in [1.29, 1.82) is 0 Å². The molecule has 0 aromatic carbocycles. The van der Waals surface area contributed by atoms with Crippen molar-refractivity contribution in [2.45, 2.75) is 19.5 Å². The summed E-state index contributed by atoms with van der Waals surface area (Å²) in [6, 6.07) is 1.52. The van der Waals surface area contributed by atoms with Crippen LogP contribution in [0.4, 0.5) is 13.2 Å². The fourth-order valence-electron chi connectivity index (χ4n) is 1.97. The van der Waals surface area contributed by atoms with E-state index in [2.05, 4.69) is 30.7 Å². The molecule has 0 atom stereocenters. The number of ether oxygens (including phenoxy) is 1. The second-order valence-corrected chi connectivity index (χ2v) is 5.79. The van der Waals surface area contributed by atoms with Crippen molar-refractivity contribution in [3.05, 3.63) is 39.8 Å². The van der Waals surface area contributed by atoms with Crippen molar-refractivity contribution < 1.29 is 22.7 Å². The first kappa shape index (κ1) is 17.5. The molecule has 0 unspecified atom stereocenters. The van der Waals surface area contributed by atoms with Gasteiger partial charge in [0.25, 0.3) is 0 Å². The number of hydrogen-bond acceptors (Lipinski definition) is 4.